The molecule has 94 valence electrons. The SMILES string of the molecule is NC(CCc1ccccn1)Cc1cccc(F)c1. The van der Waals surface area contributed by atoms with Gasteiger partial charge in [0.05, 0.1) is 0 Å². The number of hydrogen-bond acceptors (Lipinski definition) is 2. The van der Waals surface area contributed by atoms with Crippen LogP contribution in [0.4, 0.5) is 4.39 Å². The van der Waals surface area contributed by atoms with Crippen molar-refractivity contribution in [3.05, 3.63) is 65.7 Å². The van der Waals surface area contributed by atoms with Gasteiger partial charge < -0.3 is 5.73 Å². The fraction of sp³-hybridized carbons (Fsp3) is 0.267. The summed E-state index contributed by atoms with van der Waals surface area (Å²) in [6.45, 7) is 0. The Labute approximate surface area is 107 Å². The minimum Gasteiger partial charge on any atom is -0.327 e. The van der Waals surface area contributed by atoms with E-state index in [2.05, 4.69) is 4.98 Å². The maximum atomic E-state index is 13.0. The van der Waals surface area contributed by atoms with Crippen LogP contribution in [0, 0.1) is 5.82 Å². The van der Waals surface area contributed by atoms with Crippen LogP contribution >= 0.6 is 0 Å². The zero-order valence-corrected chi connectivity index (χ0v) is 10.2. The van der Waals surface area contributed by atoms with Gasteiger partial charge in [0.15, 0.2) is 0 Å². The molecule has 1 atom stereocenters. The first kappa shape index (κ1) is 12.7. The summed E-state index contributed by atoms with van der Waals surface area (Å²) in [5.41, 5.74) is 8.05. The lowest BCUT2D eigenvalue weighted by atomic mass is 10.0. The number of nitrogens with two attached hydrogens (primary N) is 1. The van der Waals surface area contributed by atoms with Gasteiger partial charge in [-0.3, -0.25) is 4.98 Å². The van der Waals surface area contributed by atoms with Crippen molar-refractivity contribution in [3.63, 3.8) is 0 Å². The lowest BCUT2D eigenvalue weighted by molar-refractivity contribution is 0.595. The second kappa shape index (κ2) is 6.26. The molecule has 2 nitrogen and oxygen atoms in total. The fourth-order valence-corrected chi connectivity index (χ4v) is 1.95. The van der Waals surface area contributed by atoms with E-state index in [-0.39, 0.29) is 11.9 Å². The summed E-state index contributed by atoms with van der Waals surface area (Å²) < 4.78 is 13.0. The molecule has 0 radical (unpaired) electrons. The van der Waals surface area contributed by atoms with E-state index < -0.39 is 0 Å². The van der Waals surface area contributed by atoms with Crippen LogP contribution in [0.25, 0.3) is 0 Å². The number of aromatic nitrogens is 1. The van der Waals surface area contributed by atoms with Gasteiger partial charge in [-0.25, -0.2) is 4.39 Å². The van der Waals surface area contributed by atoms with Crippen LogP contribution in [0.15, 0.2) is 48.7 Å². The van der Waals surface area contributed by atoms with E-state index in [1.165, 1.54) is 6.07 Å². The summed E-state index contributed by atoms with van der Waals surface area (Å²) in [6, 6.07) is 12.5. The third kappa shape index (κ3) is 3.93. The average molecular weight is 244 g/mol. The quantitative estimate of drug-likeness (QED) is 0.878. The minimum absolute atomic E-state index is 0.0359. The number of benzene rings is 1. The van der Waals surface area contributed by atoms with Crippen molar-refractivity contribution in [3.8, 4) is 0 Å². The van der Waals surface area contributed by atoms with Crippen molar-refractivity contribution in [2.75, 3.05) is 0 Å². The molecule has 0 aliphatic carbocycles. The van der Waals surface area contributed by atoms with E-state index in [1.54, 1.807) is 18.3 Å². The highest BCUT2D eigenvalue weighted by Crippen LogP contribution is 2.09. The number of halogens is 1. The largest absolute Gasteiger partial charge is 0.327 e. The monoisotopic (exact) mass is 244 g/mol. The second-order valence-electron chi connectivity index (χ2n) is 4.45. The molecule has 1 unspecified atom stereocenters. The van der Waals surface area contributed by atoms with Gasteiger partial charge in [0, 0.05) is 17.9 Å². The smallest absolute Gasteiger partial charge is 0.123 e. The molecule has 0 spiro atoms. The number of rotatable bonds is 5. The summed E-state index contributed by atoms with van der Waals surface area (Å²) in [6.07, 6.45) is 4.20. The van der Waals surface area contributed by atoms with Gasteiger partial charge in [-0.2, -0.15) is 0 Å². The van der Waals surface area contributed by atoms with Gasteiger partial charge in [0.1, 0.15) is 5.82 Å². The predicted octanol–water partition coefficient (Wildman–Crippen LogP) is 2.72. The van der Waals surface area contributed by atoms with Gasteiger partial charge >= 0.3 is 0 Å². The van der Waals surface area contributed by atoms with Crippen molar-refractivity contribution in [1.29, 1.82) is 0 Å². The van der Waals surface area contributed by atoms with Crippen LogP contribution in [0.1, 0.15) is 17.7 Å². The number of pyridine rings is 1. The Hall–Kier alpha value is -1.74. The van der Waals surface area contributed by atoms with E-state index in [0.29, 0.717) is 6.42 Å². The maximum absolute atomic E-state index is 13.0. The van der Waals surface area contributed by atoms with Crippen LogP contribution in [-0.4, -0.2) is 11.0 Å². The molecule has 0 amide bonds. The maximum Gasteiger partial charge on any atom is 0.123 e. The summed E-state index contributed by atoms with van der Waals surface area (Å²) in [7, 11) is 0. The lowest BCUT2D eigenvalue weighted by Gasteiger charge is -2.11. The molecule has 2 aromatic rings. The average Bonchev–Trinajstić information content (AvgIpc) is 2.38. The molecule has 0 aliphatic rings. The zero-order valence-electron chi connectivity index (χ0n) is 10.2. The van der Waals surface area contributed by atoms with Crippen molar-refractivity contribution < 1.29 is 4.39 Å². The lowest BCUT2D eigenvalue weighted by Crippen LogP contribution is -2.23. The molecule has 0 aliphatic heterocycles. The highest BCUT2D eigenvalue weighted by Gasteiger charge is 2.05. The Morgan fingerprint density at radius 1 is 1.17 bits per heavy atom. The highest BCUT2D eigenvalue weighted by molar-refractivity contribution is 5.17. The normalized spacial score (nSPS) is 12.3. The molecule has 18 heavy (non-hydrogen) atoms. The van der Waals surface area contributed by atoms with Gasteiger partial charge in [-0.05, 0) is 49.1 Å². The van der Waals surface area contributed by atoms with Crippen LogP contribution in [-0.2, 0) is 12.8 Å². The van der Waals surface area contributed by atoms with Crippen molar-refractivity contribution in [1.82, 2.24) is 4.98 Å². The van der Waals surface area contributed by atoms with Crippen LogP contribution in [0.2, 0.25) is 0 Å². The van der Waals surface area contributed by atoms with Crippen molar-refractivity contribution in [2.24, 2.45) is 5.73 Å². The van der Waals surface area contributed by atoms with Crippen molar-refractivity contribution in [2.45, 2.75) is 25.3 Å². The summed E-state index contributed by atoms with van der Waals surface area (Å²) >= 11 is 0. The fourth-order valence-electron chi connectivity index (χ4n) is 1.95. The van der Waals surface area contributed by atoms with Gasteiger partial charge in [0.25, 0.3) is 0 Å². The molecule has 0 fully saturated rings. The van der Waals surface area contributed by atoms with Gasteiger partial charge in [-0.15, -0.1) is 0 Å². The Bertz CT molecular complexity index is 485. The van der Waals surface area contributed by atoms with E-state index in [4.69, 9.17) is 5.73 Å². The summed E-state index contributed by atoms with van der Waals surface area (Å²) in [4.78, 5) is 4.26. The van der Waals surface area contributed by atoms with Crippen LogP contribution in [0.3, 0.4) is 0 Å². The predicted molar refractivity (Wildman–Crippen MR) is 70.6 cm³/mol. The Kier molecular flexibility index (Phi) is 4.42. The molecule has 0 saturated carbocycles. The molecule has 1 heterocycles. The molecule has 1 aromatic heterocycles. The standard InChI is InChI=1S/C15H17FN2/c16-13-5-3-4-12(10-13)11-14(17)7-8-15-6-1-2-9-18-15/h1-6,9-10,14H,7-8,11,17H2. The third-order valence-corrected chi connectivity index (χ3v) is 2.88. The van der Waals surface area contributed by atoms with Gasteiger partial charge in [0.2, 0.25) is 0 Å². The molecule has 0 bridgehead atoms. The van der Waals surface area contributed by atoms with Gasteiger partial charge in [-0.1, -0.05) is 18.2 Å². The zero-order chi connectivity index (χ0) is 12.8. The first-order valence-electron chi connectivity index (χ1n) is 6.14. The van der Waals surface area contributed by atoms with E-state index in [0.717, 1.165) is 24.1 Å². The summed E-state index contributed by atoms with van der Waals surface area (Å²) in [5.74, 6) is -0.204. The molecule has 3 heteroatoms. The van der Waals surface area contributed by atoms with Crippen LogP contribution < -0.4 is 5.73 Å². The van der Waals surface area contributed by atoms with Crippen LogP contribution in [0.5, 0.6) is 0 Å². The molecular formula is C15H17FN2. The minimum atomic E-state index is -0.204. The molecule has 0 saturated heterocycles. The number of aryl methyl sites for hydroxylation is 1. The first-order chi connectivity index (χ1) is 8.74. The van der Waals surface area contributed by atoms with E-state index in [9.17, 15) is 4.39 Å². The topological polar surface area (TPSA) is 38.9 Å². The van der Waals surface area contributed by atoms with Crippen molar-refractivity contribution >= 4 is 0 Å². The van der Waals surface area contributed by atoms with E-state index in [1.807, 2.05) is 24.3 Å². The summed E-state index contributed by atoms with van der Waals surface area (Å²) in [5, 5.41) is 0. The van der Waals surface area contributed by atoms with E-state index >= 15 is 0 Å². The molecule has 2 N–H and O–H groups in total. The Morgan fingerprint density at radius 3 is 2.78 bits per heavy atom. The Balaban J connectivity index is 1.84. The molecule has 1 aromatic carbocycles. The number of nitrogens with zero attached hydrogens (tertiary/aromatic N) is 1. The second-order valence-corrected chi connectivity index (χ2v) is 4.45. The molecule has 2 rings (SSSR count). The Morgan fingerprint density at radius 2 is 2.06 bits per heavy atom. The first-order valence-corrected chi connectivity index (χ1v) is 6.14. The molecular weight excluding hydrogens is 227 g/mol. The highest BCUT2D eigenvalue weighted by atomic mass is 19.1. The third-order valence-electron chi connectivity index (χ3n) is 2.88. The number of hydrogen-bond donors (Lipinski definition) is 1.